The van der Waals surface area contributed by atoms with Crippen LogP contribution in [0, 0.1) is 12.1 Å². The predicted octanol–water partition coefficient (Wildman–Crippen LogP) is 3.59. The largest absolute Gasteiger partial charge is 0.221 e. The molecule has 1 aromatic heterocycles. The number of nitrogens with zero attached hydrogens (tertiary/aromatic N) is 1. The van der Waals surface area contributed by atoms with Crippen LogP contribution in [0.5, 0.6) is 0 Å². The maximum Gasteiger partial charge on any atom is 0.221 e. The van der Waals surface area contributed by atoms with Crippen molar-refractivity contribution in [1.82, 2.24) is 0 Å². The molecule has 21 heavy (non-hydrogen) atoms. The summed E-state index contributed by atoms with van der Waals surface area (Å²) in [5, 5.41) is 1.32. The van der Waals surface area contributed by atoms with Crippen molar-refractivity contribution in [3.8, 4) is 11.3 Å². The quantitative estimate of drug-likeness (QED) is 0.702. The Morgan fingerprint density at radius 2 is 1.76 bits per heavy atom. The first-order valence-electron chi connectivity index (χ1n) is 7.46. The molecule has 0 N–H and O–H groups in total. The van der Waals surface area contributed by atoms with Gasteiger partial charge in [-0.15, -0.1) is 0 Å². The van der Waals surface area contributed by atoms with Gasteiger partial charge in [0, 0.05) is 17.2 Å². The van der Waals surface area contributed by atoms with E-state index in [9.17, 15) is 0 Å². The minimum absolute atomic E-state index is 0.195. The third kappa shape index (κ3) is 2.56. The molecule has 3 rings (SSSR count). The monoisotopic (exact) mass is 276 g/mol. The Bertz CT molecular complexity index is 805. The Morgan fingerprint density at radius 1 is 1.05 bits per heavy atom. The van der Waals surface area contributed by atoms with E-state index in [1.54, 1.807) is 0 Å². The van der Waals surface area contributed by atoms with Crippen molar-refractivity contribution in [3.05, 3.63) is 71.7 Å². The highest BCUT2D eigenvalue weighted by atomic mass is 14.8. The van der Waals surface area contributed by atoms with Crippen LogP contribution in [0.3, 0.4) is 0 Å². The van der Waals surface area contributed by atoms with Crippen molar-refractivity contribution in [3.63, 3.8) is 0 Å². The van der Waals surface area contributed by atoms with Crippen molar-refractivity contribution in [2.24, 2.45) is 5.41 Å². The summed E-state index contributed by atoms with van der Waals surface area (Å²) >= 11 is 0. The first-order chi connectivity index (χ1) is 9.97. The van der Waals surface area contributed by atoms with E-state index in [-0.39, 0.29) is 5.41 Å². The van der Waals surface area contributed by atoms with Crippen LogP contribution >= 0.6 is 0 Å². The molecule has 0 amide bonds. The van der Waals surface area contributed by atoms with Crippen LogP contribution in [-0.4, -0.2) is 0 Å². The van der Waals surface area contributed by atoms with Gasteiger partial charge >= 0.3 is 0 Å². The van der Waals surface area contributed by atoms with Gasteiger partial charge < -0.3 is 0 Å². The van der Waals surface area contributed by atoms with Crippen molar-refractivity contribution < 1.29 is 4.24 Å². The highest BCUT2D eigenvalue weighted by Gasteiger charge is 2.21. The summed E-state index contributed by atoms with van der Waals surface area (Å²) < 4.78 is 1.98. The fourth-order valence-electron chi connectivity index (χ4n) is 2.90. The number of aromatic nitrogens is 1. The zero-order chi connectivity index (χ0) is 15.0. The summed E-state index contributed by atoms with van der Waals surface area (Å²) in [5.74, 6) is 0. The molecule has 1 aliphatic rings. The molecule has 0 spiro atoms. The molecule has 1 heterocycles. The molecular formula is C20H22N+. The lowest BCUT2D eigenvalue weighted by Gasteiger charge is -2.23. The third-order valence-corrected chi connectivity index (χ3v) is 4.11. The molecule has 1 heteroatoms. The second-order valence-corrected chi connectivity index (χ2v) is 6.69. The van der Waals surface area contributed by atoms with Crippen LogP contribution in [0.15, 0.2) is 54.2 Å². The third-order valence-electron chi connectivity index (χ3n) is 4.11. The lowest BCUT2D eigenvalue weighted by Crippen LogP contribution is -2.28. The lowest BCUT2D eigenvalue weighted by molar-refractivity contribution is -0.486. The van der Waals surface area contributed by atoms with Gasteiger partial charge in [0.15, 0.2) is 6.20 Å². The molecule has 1 nitrogen and oxygen atoms in total. The van der Waals surface area contributed by atoms with Crippen LogP contribution in [0.2, 0.25) is 0 Å². The van der Waals surface area contributed by atoms with E-state index in [0.717, 1.165) is 6.42 Å². The van der Waals surface area contributed by atoms with E-state index in [0.29, 0.717) is 0 Å². The van der Waals surface area contributed by atoms with Gasteiger partial charge in [-0.05, 0) is 34.8 Å². The number of hydrogen-bond acceptors (Lipinski definition) is 0. The van der Waals surface area contributed by atoms with Crippen LogP contribution in [0.25, 0.3) is 17.3 Å². The number of hydrogen-bond donors (Lipinski definition) is 0. The van der Waals surface area contributed by atoms with E-state index in [4.69, 9.17) is 0 Å². The number of pyridine rings is 1. The van der Waals surface area contributed by atoms with Crippen molar-refractivity contribution in [2.75, 3.05) is 0 Å². The first-order valence-corrected chi connectivity index (χ1v) is 7.46. The van der Waals surface area contributed by atoms with Crippen molar-refractivity contribution in [1.29, 1.82) is 0 Å². The predicted molar refractivity (Wildman–Crippen MR) is 88.2 cm³/mol. The molecule has 0 fully saturated rings. The number of rotatable bonds is 1. The van der Waals surface area contributed by atoms with Crippen LogP contribution in [-0.2, 0) is 6.42 Å². The molecule has 0 aliphatic heterocycles. The van der Waals surface area contributed by atoms with Gasteiger partial charge in [0.1, 0.15) is 6.72 Å². The average molecular weight is 276 g/mol. The molecule has 0 saturated carbocycles. The van der Waals surface area contributed by atoms with E-state index >= 15 is 0 Å². The van der Waals surface area contributed by atoms with Crippen LogP contribution in [0.1, 0.15) is 26.3 Å². The van der Waals surface area contributed by atoms with E-state index in [1.807, 2.05) is 4.24 Å². The second kappa shape index (κ2) is 5.00. The van der Waals surface area contributed by atoms with E-state index < -0.39 is 0 Å². The lowest BCUT2D eigenvalue weighted by atomic mass is 9.82. The molecule has 0 atom stereocenters. The zero-order valence-electron chi connectivity index (χ0n) is 13.1. The molecule has 2 aromatic rings. The Labute approximate surface area is 126 Å². The minimum atomic E-state index is 0.195. The van der Waals surface area contributed by atoms with E-state index in [2.05, 4.69) is 82.2 Å². The fourth-order valence-corrected chi connectivity index (χ4v) is 2.90. The highest BCUT2D eigenvalue weighted by Crippen LogP contribution is 2.29. The average Bonchev–Trinajstić information content (AvgIpc) is 2.46. The Kier molecular flexibility index (Phi) is 3.29. The van der Waals surface area contributed by atoms with Gasteiger partial charge in [-0.2, -0.15) is 4.24 Å². The molecule has 0 saturated heterocycles. The summed E-state index contributed by atoms with van der Waals surface area (Å²) in [6.45, 7) is 11.0. The topological polar surface area (TPSA) is 5.90 Å². The standard InChI is InChI=1S/C20H22N/c1-20(2,3)17-10-11-18-16(14-17)12-13-21(4)19(18)15-8-6-5-7-9-15/h5-10,12-14H,4,11H2,1-3H3/q+1. The molecule has 0 bridgehead atoms. The molecule has 1 aliphatic carbocycles. The number of benzene rings is 1. The summed E-state index contributed by atoms with van der Waals surface area (Å²) in [6, 6.07) is 12.7. The smallest absolute Gasteiger partial charge is 0.173 e. The zero-order valence-corrected chi connectivity index (χ0v) is 13.1. The Balaban J connectivity index is 2.23. The maximum absolute atomic E-state index is 4.15. The molecule has 1 aromatic carbocycles. The first kappa shape index (κ1) is 13.8. The fraction of sp³-hybridized carbons (Fsp3) is 0.250. The van der Waals surface area contributed by atoms with Gasteiger partial charge in [0.25, 0.3) is 0 Å². The molecule has 0 unspecified atom stereocenters. The van der Waals surface area contributed by atoms with E-state index in [1.165, 1.54) is 27.6 Å². The summed E-state index contributed by atoms with van der Waals surface area (Å²) in [7, 11) is 0. The normalized spacial score (nSPS) is 14.1. The Hall–Kier alpha value is -2.15. The van der Waals surface area contributed by atoms with Crippen molar-refractivity contribution >= 4 is 6.08 Å². The highest BCUT2D eigenvalue weighted by molar-refractivity contribution is 5.64. The van der Waals surface area contributed by atoms with Gasteiger partial charge in [-0.1, -0.05) is 51.1 Å². The minimum Gasteiger partial charge on any atom is -0.173 e. The maximum atomic E-state index is 4.15. The second-order valence-electron chi connectivity index (χ2n) is 6.69. The molecule has 106 valence electrons. The van der Waals surface area contributed by atoms with Crippen molar-refractivity contribution in [2.45, 2.75) is 27.2 Å². The Morgan fingerprint density at radius 3 is 2.43 bits per heavy atom. The summed E-state index contributed by atoms with van der Waals surface area (Å²) in [6.07, 6.45) is 7.71. The van der Waals surface area contributed by atoms with Crippen LogP contribution < -0.4 is 9.46 Å². The van der Waals surface area contributed by atoms with Gasteiger partial charge in [-0.25, -0.2) is 0 Å². The molecule has 0 radical (unpaired) electrons. The van der Waals surface area contributed by atoms with Gasteiger partial charge in [0.2, 0.25) is 5.69 Å². The molecular weight excluding hydrogens is 254 g/mol. The van der Waals surface area contributed by atoms with Gasteiger partial charge in [-0.3, -0.25) is 0 Å². The van der Waals surface area contributed by atoms with Crippen LogP contribution in [0.4, 0.5) is 0 Å². The summed E-state index contributed by atoms with van der Waals surface area (Å²) in [5.41, 5.74) is 5.42. The van der Waals surface area contributed by atoms with Gasteiger partial charge in [0.05, 0.1) is 0 Å². The summed E-state index contributed by atoms with van der Waals surface area (Å²) in [4.78, 5) is 0. The number of fused-ring (bicyclic) bond motifs is 1. The SMILES string of the molecule is C=[n+]1ccc2c(c1-c1ccccc1)CC=C(C(C)(C)C)C=2. The number of allylic oxidation sites excluding steroid dienone is 2.